The Morgan fingerprint density at radius 1 is 1.17 bits per heavy atom. The molecule has 2 aromatic heterocycles. The summed E-state index contributed by atoms with van der Waals surface area (Å²) >= 11 is 0. The number of nitrogens with zero attached hydrogens (tertiary/aromatic N) is 3. The van der Waals surface area contributed by atoms with Crippen molar-refractivity contribution in [2.75, 3.05) is 23.7 Å². The van der Waals surface area contributed by atoms with Crippen LogP contribution in [0, 0.1) is 5.41 Å². The minimum absolute atomic E-state index is 0.0471. The first-order valence-corrected chi connectivity index (χ1v) is 10.8. The van der Waals surface area contributed by atoms with Crippen LogP contribution in [0.15, 0.2) is 18.3 Å². The zero-order chi connectivity index (χ0) is 19.9. The van der Waals surface area contributed by atoms with Crippen molar-refractivity contribution in [3.8, 4) is 0 Å². The van der Waals surface area contributed by atoms with Crippen LogP contribution in [0.3, 0.4) is 0 Å². The van der Waals surface area contributed by atoms with Crippen LogP contribution < -0.4 is 16.0 Å². The predicted molar refractivity (Wildman–Crippen MR) is 111 cm³/mol. The molecule has 2 atom stereocenters. The molecule has 7 nitrogen and oxygen atoms in total. The van der Waals surface area contributed by atoms with Crippen molar-refractivity contribution in [1.82, 2.24) is 25.5 Å². The summed E-state index contributed by atoms with van der Waals surface area (Å²) in [6.07, 6.45) is 9.09. The molecule has 3 aliphatic rings. The van der Waals surface area contributed by atoms with Crippen LogP contribution in [-0.4, -0.2) is 45.0 Å². The molecule has 1 aliphatic heterocycles. The molecule has 0 radical (unpaired) electrons. The molecule has 1 spiro atoms. The molecule has 5 rings (SSSR count). The lowest BCUT2D eigenvalue weighted by molar-refractivity contribution is -0.0727. The second-order valence-corrected chi connectivity index (χ2v) is 9.25. The zero-order valence-corrected chi connectivity index (χ0v) is 17.0. The molecule has 156 valence electrons. The monoisotopic (exact) mass is 399 g/mol. The minimum atomic E-state index is -1.17. The van der Waals surface area contributed by atoms with Crippen molar-refractivity contribution < 1.29 is 4.39 Å². The van der Waals surface area contributed by atoms with E-state index < -0.39 is 5.67 Å². The Morgan fingerprint density at radius 2 is 2.00 bits per heavy atom. The van der Waals surface area contributed by atoms with Gasteiger partial charge in [-0.25, -0.2) is 9.37 Å². The Kier molecular flexibility index (Phi) is 4.69. The van der Waals surface area contributed by atoms with Gasteiger partial charge < -0.3 is 16.0 Å². The average molecular weight is 400 g/mol. The quantitative estimate of drug-likeness (QED) is 0.610. The number of aromatic amines is 1. The van der Waals surface area contributed by atoms with Crippen molar-refractivity contribution >= 4 is 17.6 Å². The summed E-state index contributed by atoms with van der Waals surface area (Å²) in [5.74, 6) is 2.58. The maximum absolute atomic E-state index is 15.3. The standard InChI is InChI=1S/C21H30FN7/c1-20(22)11-15(6-8-21(20)12-23-13-21)25-19-24-9-7-17(27-19)26-18-10-16(28-29-18)14-4-2-3-5-14/h7,9-10,14-15,23H,2-6,8,11-13H2,1H3,(H3,24,25,26,27,28,29). The summed E-state index contributed by atoms with van der Waals surface area (Å²) in [7, 11) is 0. The maximum Gasteiger partial charge on any atom is 0.224 e. The summed E-state index contributed by atoms with van der Waals surface area (Å²) in [5, 5.41) is 17.4. The third-order valence-corrected chi connectivity index (χ3v) is 7.27. The van der Waals surface area contributed by atoms with Gasteiger partial charge in [0, 0.05) is 54.8 Å². The van der Waals surface area contributed by atoms with Gasteiger partial charge in [0.15, 0.2) is 5.82 Å². The van der Waals surface area contributed by atoms with Crippen LogP contribution in [0.4, 0.5) is 22.0 Å². The highest BCUT2D eigenvalue weighted by atomic mass is 19.1. The van der Waals surface area contributed by atoms with E-state index in [0.717, 1.165) is 31.7 Å². The molecule has 2 aromatic rings. The highest BCUT2D eigenvalue weighted by Crippen LogP contribution is 2.49. The molecule has 4 N–H and O–H groups in total. The van der Waals surface area contributed by atoms with Gasteiger partial charge in [-0.15, -0.1) is 0 Å². The number of aromatic nitrogens is 4. The fourth-order valence-electron chi connectivity index (χ4n) is 5.25. The average Bonchev–Trinajstić information content (AvgIpc) is 3.31. The number of hydrogen-bond acceptors (Lipinski definition) is 6. The Balaban J connectivity index is 1.22. The summed E-state index contributed by atoms with van der Waals surface area (Å²) in [5.41, 5.74) is -0.163. The zero-order valence-electron chi connectivity index (χ0n) is 17.0. The SMILES string of the molecule is CC1(F)CC(Nc2nccc(Nc3cc(C4CCCC4)[nH]n3)n2)CCC12CNC2. The lowest BCUT2D eigenvalue weighted by atomic mass is 9.60. The van der Waals surface area contributed by atoms with E-state index >= 15 is 4.39 Å². The van der Waals surface area contributed by atoms with Gasteiger partial charge in [-0.2, -0.15) is 10.1 Å². The van der Waals surface area contributed by atoms with E-state index in [1.807, 2.05) is 6.07 Å². The highest BCUT2D eigenvalue weighted by molar-refractivity contribution is 5.53. The van der Waals surface area contributed by atoms with Crippen molar-refractivity contribution in [3.63, 3.8) is 0 Å². The van der Waals surface area contributed by atoms with Gasteiger partial charge in [-0.3, -0.25) is 5.10 Å². The number of rotatable bonds is 5. The number of alkyl halides is 1. The molecule has 0 bridgehead atoms. The fourth-order valence-corrected chi connectivity index (χ4v) is 5.25. The fraction of sp³-hybridized carbons (Fsp3) is 0.667. The van der Waals surface area contributed by atoms with Gasteiger partial charge in [0.25, 0.3) is 0 Å². The summed E-state index contributed by atoms with van der Waals surface area (Å²) in [6, 6.07) is 3.95. The highest BCUT2D eigenvalue weighted by Gasteiger charge is 2.56. The third kappa shape index (κ3) is 3.58. The first-order valence-electron chi connectivity index (χ1n) is 10.8. The van der Waals surface area contributed by atoms with Crippen LogP contribution in [0.25, 0.3) is 0 Å². The number of nitrogens with one attached hydrogen (secondary N) is 4. The molecule has 0 aromatic carbocycles. The van der Waals surface area contributed by atoms with Gasteiger partial charge in [0.1, 0.15) is 11.5 Å². The normalized spacial score (nSPS) is 29.0. The van der Waals surface area contributed by atoms with Crippen LogP contribution in [-0.2, 0) is 0 Å². The number of H-pyrrole nitrogens is 1. The van der Waals surface area contributed by atoms with Gasteiger partial charge >= 0.3 is 0 Å². The van der Waals surface area contributed by atoms with Crippen LogP contribution >= 0.6 is 0 Å². The van der Waals surface area contributed by atoms with Gasteiger partial charge in [-0.1, -0.05) is 12.8 Å². The van der Waals surface area contributed by atoms with E-state index in [1.54, 1.807) is 13.1 Å². The van der Waals surface area contributed by atoms with Crippen molar-refractivity contribution in [1.29, 1.82) is 0 Å². The molecule has 0 amide bonds. The van der Waals surface area contributed by atoms with Crippen molar-refractivity contribution in [2.24, 2.45) is 5.41 Å². The minimum Gasteiger partial charge on any atom is -0.351 e. The van der Waals surface area contributed by atoms with E-state index in [1.165, 1.54) is 31.4 Å². The maximum atomic E-state index is 15.3. The van der Waals surface area contributed by atoms with Crippen molar-refractivity contribution in [3.05, 3.63) is 24.0 Å². The second-order valence-electron chi connectivity index (χ2n) is 9.25. The molecule has 2 unspecified atom stereocenters. The largest absolute Gasteiger partial charge is 0.351 e. The molecule has 2 aliphatic carbocycles. The lowest BCUT2D eigenvalue weighted by Gasteiger charge is -2.55. The number of halogens is 1. The topological polar surface area (TPSA) is 90.5 Å². The first kappa shape index (κ1) is 18.8. The Labute approximate surface area is 170 Å². The van der Waals surface area contributed by atoms with E-state index in [0.29, 0.717) is 24.1 Å². The van der Waals surface area contributed by atoms with Gasteiger partial charge in [0.2, 0.25) is 5.95 Å². The summed E-state index contributed by atoms with van der Waals surface area (Å²) in [6.45, 7) is 3.32. The van der Waals surface area contributed by atoms with E-state index in [2.05, 4.69) is 42.2 Å². The molecule has 1 saturated heterocycles. The molecular formula is C21H30FN7. The smallest absolute Gasteiger partial charge is 0.224 e. The lowest BCUT2D eigenvalue weighted by Crippen LogP contribution is -2.66. The molecule has 2 saturated carbocycles. The third-order valence-electron chi connectivity index (χ3n) is 7.27. The molecule has 8 heteroatoms. The van der Waals surface area contributed by atoms with E-state index in [9.17, 15) is 0 Å². The van der Waals surface area contributed by atoms with Crippen molar-refractivity contribution in [2.45, 2.75) is 69.5 Å². The summed E-state index contributed by atoms with van der Waals surface area (Å²) < 4.78 is 15.3. The van der Waals surface area contributed by atoms with Gasteiger partial charge in [-0.05, 0) is 38.7 Å². The van der Waals surface area contributed by atoms with Crippen LogP contribution in [0.1, 0.15) is 63.5 Å². The van der Waals surface area contributed by atoms with E-state index in [4.69, 9.17) is 0 Å². The van der Waals surface area contributed by atoms with E-state index in [-0.39, 0.29) is 11.5 Å². The Bertz CT molecular complexity index is 854. The molecule has 3 fully saturated rings. The van der Waals surface area contributed by atoms with Crippen LogP contribution in [0.5, 0.6) is 0 Å². The first-order chi connectivity index (χ1) is 14.0. The predicted octanol–water partition coefficient (Wildman–Crippen LogP) is 3.88. The van der Waals surface area contributed by atoms with Crippen LogP contribution in [0.2, 0.25) is 0 Å². The molecule has 29 heavy (non-hydrogen) atoms. The molecule has 3 heterocycles. The Morgan fingerprint density at radius 3 is 2.72 bits per heavy atom. The Hall–Kier alpha value is -2.22. The van der Waals surface area contributed by atoms with Gasteiger partial charge in [0.05, 0.1) is 0 Å². The summed E-state index contributed by atoms with van der Waals surface area (Å²) in [4.78, 5) is 8.90. The second kappa shape index (κ2) is 7.23. The number of anilines is 3. The molecular weight excluding hydrogens is 369 g/mol. The number of hydrogen-bond donors (Lipinski definition) is 4.